The van der Waals surface area contributed by atoms with Crippen molar-refractivity contribution in [2.45, 2.75) is 0 Å². The number of hydrogen-bond acceptors (Lipinski definition) is 2. The first-order chi connectivity index (χ1) is 6.95. The number of pyridine rings is 1. The van der Waals surface area contributed by atoms with E-state index in [2.05, 4.69) is 22.3 Å². The Kier molecular flexibility index (Phi) is 5.37. The molecule has 0 unspecified atom stereocenters. The largest absolute Gasteiger partial charge is 0.353 e. The van der Waals surface area contributed by atoms with Gasteiger partial charge in [-0.2, -0.15) is 6.07 Å². The molecule has 0 atom stereocenters. The van der Waals surface area contributed by atoms with Gasteiger partial charge in [-0.15, -0.1) is 29.8 Å². The number of aliphatic imine (C=N–C) groups is 1. The average molecular weight is 269 g/mol. The van der Waals surface area contributed by atoms with Crippen LogP contribution in [-0.2, 0) is 32.7 Å². The maximum absolute atomic E-state index is 4.06. The minimum absolute atomic E-state index is 0. The quantitative estimate of drug-likeness (QED) is 0.607. The third-order valence-corrected chi connectivity index (χ3v) is 1.66. The fourth-order valence-electron chi connectivity index (χ4n) is 1.01. The van der Waals surface area contributed by atoms with Gasteiger partial charge in [0.1, 0.15) is 0 Å². The van der Waals surface area contributed by atoms with E-state index >= 15 is 0 Å². The molecule has 0 saturated carbocycles. The molecule has 0 aliphatic heterocycles. The second-order valence-electron chi connectivity index (χ2n) is 2.69. The van der Waals surface area contributed by atoms with Gasteiger partial charge in [0.05, 0.1) is 0 Å². The maximum Gasteiger partial charge on any atom is 0 e. The van der Waals surface area contributed by atoms with Crippen LogP contribution in [0.2, 0.25) is 0 Å². The van der Waals surface area contributed by atoms with Crippen molar-refractivity contribution in [3.63, 3.8) is 0 Å². The second-order valence-corrected chi connectivity index (χ2v) is 2.69. The van der Waals surface area contributed by atoms with Crippen LogP contribution in [0.4, 0.5) is 5.82 Å². The van der Waals surface area contributed by atoms with Crippen molar-refractivity contribution in [1.82, 2.24) is 4.98 Å². The van der Waals surface area contributed by atoms with E-state index in [4.69, 9.17) is 0 Å². The number of aromatic nitrogens is 1. The van der Waals surface area contributed by atoms with E-state index in [0.717, 1.165) is 5.56 Å². The standard InChI is InChI=1S/C12H8N2.Y/c1-2-6-11(7-3-1)10-14-12-8-4-5-9-13-12;/h1-7,9H;/q-2;. The Morgan fingerprint density at radius 2 is 1.93 bits per heavy atom. The minimum Gasteiger partial charge on any atom is -0.353 e. The minimum atomic E-state index is 0. The van der Waals surface area contributed by atoms with Crippen molar-refractivity contribution in [3.05, 3.63) is 60.3 Å². The zero-order chi connectivity index (χ0) is 9.64. The van der Waals surface area contributed by atoms with E-state index in [0.29, 0.717) is 5.82 Å². The van der Waals surface area contributed by atoms with E-state index in [-0.39, 0.29) is 32.7 Å². The molecule has 0 saturated heterocycles. The van der Waals surface area contributed by atoms with E-state index < -0.39 is 0 Å². The van der Waals surface area contributed by atoms with E-state index in [1.807, 2.05) is 36.4 Å². The molecule has 15 heavy (non-hydrogen) atoms. The Labute approximate surface area is 114 Å². The predicted molar refractivity (Wildman–Crippen MR) is 55.7 cm³/mol. The fraction of sp³-hybridized carbons (Fsp3) is 0. The van der Waals surface area contributed by atoms with Crippen LogP contribution in [0.1, 0.15) is 5.56 Å². The summed E-state index contributed by atoms with van der Waals surface area (Å²) in [6, 6.07) is 16.2. The molecule has 0 aliphatic carbocycles. The average Bonchev–Trinajstić information content (AvgIpc) is 2.29. The van der Waals surface area contributed by atoms with Gasteiger partial charge in [-0.25, -0.2) is 6.07 Å². The summed E-state index contributed by atoms with van der Waals surface area (Å²) < 4.78 is 0. The zero-order valence-corrected chi connectivity index (χ0v) is 10.9. The molecule has 1 aromatic carbocycles. The Bertz CT molecular complexity index is 371. The van der Waals surface area contributed by atoms with E-state index in [9.17, 15) is 0 Å². The Balaban J connectivity index is 0.00000112. The topological polar surface area (TPSA) is 25.2 Å². The normalized spacial score (nSPS) is 9.87. The molecule has 2 rings (SSSR count). The Hall–Kier alpha value is -0.856. The molecule has 2 aromatic rings. The molecule has 0 bridgehead atoms. The summed E-state index contributed by atoms with van der Waals surface area (Å²) in [6.45, 7) is 0. The van der Waals surface area contributed by atoms with Gasteiger partial charge in [0.25, 0.3) is 0 Å². The Morgan fingerprint density at radius 1 is 1.13 bits per heavy atom. The van der Waals surface area contributed by atoms with Gasteiger partial charge < -0.3 is 9.98 Å². The second kappa shape index (κ2) is 6.60. The van der Waals surface area contributed by atoms with Gasteiger partial charge in [-0.05, 0) is 12.0 Å². The maximum atomic E-state index is 4.06. The SMILES string of the molecule is [C-](=Nc1[c-]cccn1)c1ccccc1.[Y]. The molecule has 2 nitrogen and oxygen atoms in total. The summed E-state index contributed by atoms with van der Waals surface area (Å²) >= 11 is 0. The van der Waals surface area contributed by atoms with Crippen LogP contribution < -0.4 is 0 Å². The van der Waals surface area contributed by atoms with Crippen LogP contribution in [0.5, 0.6) is 0 Å². The third kappa shape index (κ3) is 4.02. The molecule has 1 aromatic heterocycles. The van der Waals surface area contributed by atoms with Crippen molar-refractivity contribution in [3.8, 4) is 0 Å². The van der Waals surface area contributed by atoms with Crippen molar-refractivity contribution < 1.29 is 32.7 Å². The van der Waals surface area contributed by atoms with Gasteiger partial charge in [-0.1, -0.05) is 12.3 Å². The van der Waals surface area contributed by atoms with Crippen molar-refractivity contribution >= 4 is 12.0 Å². The smallest absolute Gasteiger partial charge is 0 e. The molecular formula is C12H8N2Y-2. The van der Waals surface area contributed by atoms with Gasteiger partial charge in [0, 0.05) is 32.7 Å². The monoisotopic (exact) mass is 269 g/mol. The third-order valence-electron chi connectivity index (χ3n) is 1.66. The molecule has 3 heteroatoms. The van der Waals surface area contributed by atoms with Crippen molar-refractivity contribution in [2.75, 3.05) is 0 Å². The van der Waals surface area contributed by atoms with Crippen LogP contribution in [0.15, 0.2) is 53.7 Å². The zero-order valence-electron chi connectivity index (χ0n) is 8.09. The molecule has 0 spiro atoms. The first-order valence-corrected chi connectivity index (χ1v) is 4.30. The van der Waals surface area contributed by atoms with Crippen LogP contribution >= 0.6 is 0 Å². The van der Waals surface area contributed by atoms with Gasteiger partial charge >= 0.3 is 0 Å². The summed E-state index contributed by atoms with van der Waals surface area (Å²) in [6.07, 6.45) is 4.57. The van der Waals surface area contributed by atoms with Gasteiger partial charge in [-0.3, -0.25) is 6.07 Å². The summed E-state index contributed by atoms with van der Waals surface area (Å²) in [5.41, 5.74) is 0.937. The first kappa shape index (κ1) is 12.2. The molecule has 0 fully saturated rings. The molecule has 1 radical (unpaired) electrons. The van der Waals surface area contributed by atoms with Crippen LogP contribution in [-0.4, -0.2) is 11.2 Å². The summed E-state index contributed by atoms with van der Waals surface area (Å²) in [7, 11) is 0. The van der Waals surface area contributed by atoms with Crippen LogP contribution in [0.3, 0.4) is 0 Å². The number of nitrogens with zero attached hydrogens (tertiary/aromatic N) is 2. The van der Waals surface area contributed by atoms with Crippen LogP contribution in [0.25, 0.3) is 0 Å². The molecular weight excluding hydrogens is 261 g/mol. The van der Waals surface area contributed by atoms with Gasteiger partial charge in [0.15, 0.2) is 0 Å². The molecule has 0 N–H and O–H groups in total. The summed E-state index contributed by atoms with van der Waals surface area (Å²) in [5, 5.41) is 0. The van der Waals surface area contributed by atoms with E-state index in [1.165, 1.54) is 0 Å². The van der Waals surface area contributed by atoms with E-state index in [1.54, 1.807) is 12.3 Å². The Morgan fingerprint density at radius 3 is 2.60 bits per heavy atom. The molecule has 1 heterocycles. The van der Waals surface area contributed by atoms with Crippen molar-refractivity contribution in [1.29, 1.82) is 0 Å². The van der Waals surface area contributed by atoms with Gasteiger partial charge in [0.2, 0.25) is 0 Å². The first-order valence-electron chi connectivity index (χ1n) is 4.30. The van der Waals surface area contributed by atoms with Crippen LogP contribution in [0, 0.1) is 6.07 Å². The predicted octanol–water partition coefficient (Wildman–Crippen LogP) is 2.51. The fourth-order valence-corrected chi connectivity index (χ4v) is 1.01. The number of rotatable bonds is 2. The molecule has 71 valence electrons. The molecule has 0 aliphatic rings. The summed E-state index contributed by atoms with van der Waals surface area (Å²) in [5.74, 6) is 0.552. The van der Waals surface area contributed by atoms with Crippen molar-refractivity contribution in [2.24, 2.45) is 4.99 Å². The molecule has 0 amide bonds. The summed E-state index contributed by atoms with van der Waals surface area (Å²) in [4.78, 5) is 8.07. The number of hydrogen-bond donors (Lipinski definition) is 0. The number of benzene rings is 1.